The number of unbranched alkanes of at least 4 members (excludes halogenated alkanes) is 1. The van der Waals surface area contributed by atoms with Crippen molar-refractivity contribution in [2.45, 2.75) is 73.1 Å². The molecule has 0 fully saturated rings. The van der Waals surface area contributed by atoms with Crippen LogP contribution in [0.4, 0.5) is 5.69 Å². The van der Waals surface area contributed by atoms with Crippen LogP contribution < -0.4 is 5.32 Å². The van der Waals surface area contributed by atoms with Gasteiger partial charge in [0.15, 0.2) is 0 Å². The van der Waals surface area contributed by atoms with Crippen molar-refractivity contribution in [3.05, 3.63) is 29.3 Å². The predicted molar refractivity (Wildman–Crippen MR) is 91.4 cm³/mol. The van der Waals surface area contributed by atoms with Crippen LogP contribution in [0.5, 0.6) is 0 Å². The number of benzene rings is 1. The van der Waals surface area contributed by atoms with Gasteiger partial charge >= 0.3 is 0 Å². The minimum absolute atomic E-state index is 0. The monoisotopic (exact) mass is 279 g/mol. The molecule has 2 nitrogen and oxygen atoms in total. The van der Waals surface area contributed by atoms with Crippen LogP contribution in [-0.2, 0) is 17.6 Å². The lowest BCUT2D eigenvalue weighted by Crippen LogP contribution is -2.12. The van der Waals surface area contributed by atoms with Crippen LogP contribution in [0.15, 0.2) is 18.2 Å². The Hall–Kier alpha value is -1.31. The fraction of sp³-hybridized carbons (Fsp3) is 0.611. The lowest BCUT2D eigenvalue weighted by atomic mass is 9.97. The molecule has 0 aromatic heterocycles. The van der Waals surface area contributed by atoms with Crippen LogP contribution in [0.2, 0.25) is 0 Å². The van der Waals surface area contributed by atoms with Gasteiger partial charge in [-0.05, 0) is 36.5 Å². The topological polar surface area (TPSA) is 29.1 Å². The van der Waals surface area contributed by atoms with Crippen LogP contribution in [0.1, 0.15) is 72.9 Å². The van der Waals surface area contributed by atoms with E-state index in [2.05, 4.69) is 25.2 Å². The van der Waals surface area contributed by atoms with Crippen molar-refractivity contribution in [1.82, 2.24) is 0 Å². The molecule has 1 N–H and O–H groups in total. The number of carbonyl (C=O) groups is 1. The Morgan fingerprint density at radius 3 is 2.35 bits per heavy atom. The SMILES string of the molecule is CC.CCCCc1c(CCC)cccc1NC(=O)CC.[HH]. The van der Waals surface area contributed by atoms with E-state index in [9.17, 15) is 4.79 Å². The summed E-state index contributed by atoms with van der Waals surface area (Å²) >= 11 is 0. The molecule has 20 heavy (non-hydrogen) atoms. The van der Waals surface area contributed by atoms with E-state index < -0.39 is 0 Å². The smallest absolute Gasteiger partial charge is 0.224 e. The summed E-state index contributed by atoms with van der Waals surface area (Å²) in [6.45, 7) is 10.3. The summed E-state index contributed by atoms with van der Waals surface area (Å²) in [6, 6.07) is 6.26. The highest BCUT2D eigenvalue weighted by Crippen LogP contribution is 2.23. The fourth-order valence-corrected chi connectivity index (χ4v) is 2.14. The van der Waals surface area contributed by atoms with E-state index in [1.54, 1.807) is 0 Å². The van der Waals surface area contributed by atoms with Gasteiger partial charge in [-0.1, -0.05) is 59.6 Å². The number of amides is 1. The summed E-state index contributed by atoms with van der Waals surface area (Å²) in [6.07, 6.45) is 6.19. The molecule has 0 unspecified atom stereocenters. The zero-order chi connectivity index (χ0) is 15.4. The summed E-state index contributed by atoms with van der Waals surface area (Å²) < 4.78 is 0. The summed E-state index contributed by atoms with van der Waals surface area (Å²) in [5, 5.41) is 3.03. The highest BCUT2D eigenvalue weighted by molar-refractivity contribution is 5.91. The van der Waals surface area contributed by atoms with Gasteiger partial charge in [-0.2, -0.15) is 0 Å². The highest BCUT2D eigenvalue weighted by atomic mass is 16.1. The van der Waals surface area contributed by atoms with Crippen molar-refractivity contribution in [3.8, 4) is 0 Å². The highest BCUT2D eigenvalue weighted by Gasteiger charge is 2.09. The lowest BCUT2D eigenvalue weighted by molar-refractivity contribution is -0.115. The molecule has 0 aliphatic rings. The van der Waals surface area contributed by atoms with Gasteiger partial charge in [0.2, 0.25) is 5.91 Å². The first-order valence-corrected chi connectivity index (χ1v) is 8.13. The number of hydrogen-bond donors (Lipinski definition) is 1. The molecule has 116 valence electrons. The lowest BCUT2D eigenvalue weighted by Gasteiger charge is -2.15. The molecule has 2 heteroatoms. The molecule has 1 aromatic carbocycles. The van der Waals surface area contributed by atoms with Crippen molar-refractivity contribution in [2.75, 3.05) is 5.32 Å². The normalized spacial score (nSPS) is 9.65. The Kier molecular flexibility index (Phi) is 10.8. The molecule has 1 amide bonds. The minimum atomic E-state index is 0. The molecule has 0 saturated heterocycles. The van der Waals surface area contributed by atoms with Crippen molar-refractivity contribution in [1.29, 1.82) is 0 Å². The Balaban J connectivity index is 0. The fourth-order valence-electron chi connectivity index (χ4n) is 2.14. The molecule has 0 heterocycles. The Morgan fingerprint density at radius 2 is 1.80 bits per heavy atom. The first-order chi connectivity index (χ1) is 9.72. The third kappa shape index (κ3) is 6.23. The van der Waals surface area contributed by atoms with E-state index in [0.717, 1.165) is 24.9 Å². The van der Waals surface area contributed by atoms with E-state index in [4.69, 9.17) is 0 Å². The number of carbonyl (C=O) groups excluding carboxylic acids is 1. The summed E-state index contributed by atoms with van der Waals surface area (Å²) in [5.74, 6) is 0.0985. The quantitative estimate of drug-likeness (QED) is 0.691. The molecule has 0 radical (unpaired) electrons. The third-order valence-electron chi connectivity index (χ3n) is 3.17. The van der Waals surface area contributed by atoms with E-state index >= 15 is 0 Å². The van der Waals surface area contributed by atoms with E-state index in [-0.39, 0.29) is 7.33 Å². The summed E-state index contributed by atoms with van der Waals surface area (Å²) in [5.41, 5.74) is 3.74. The number of hydrogen-bond acceptors (Lipinski definition) is 1. The minimum Gasteiger partial charge on any atom is -0.326 e. The average molecular weight is 279 g/mol. The van der Waals surface area contributed by atoms with Crippen LogP contribution in [0.25, 0.3) is 0 Å². The van der Waals surface area contributed by atoms with Crippen LogP contribution in [0, 0.1) is 0 Å². The maximum atomic E-state index is 11.6. The van der Waals surface area contributed by atoms with E-state index in [1.807, 2.05) is 32.9 Å². The third-order valence-corrected chi connectivity index (χ3v) is 3.17. The van der Waals surface area contributed by atoms with E-state index in [0.29, 0.717) is 6.42 Å². The van der Waals surface area contributed by atoms with Gasteiger partial charge in [0, 0.05) is 13.5 Å². The standard InChI is InChI=1S/C16H25NO.C2H6.H2/c1-4-7-11-14-13(9-5-2)10-8-12-15(14)17-16(18)6-3;1-2;/h8,10,12H,4-7,9,11H2,1-3H3,(H,17,18);1-2H3;1H. The maximum Gasteiger partial charge on any atom is 0.224 e. The van der Waals surface area contributed by atoms with Gasteiger partial charge in [-0.3, -0.25) is 4.79 Å². The number of aryl methyl sites for hydroxylation is 1. The first-order valence-electron chi connectivity index (χ1n) is 8.13. The van der Waals surface area contributed by atoms with Gasteiger partial charge in [0.1, 0.15) is 0 Å². The molecular weight excluding hydrogens is 246 g/mol. The van der Waals surface area contributed by atoms with Crippen LogP contribution in [0.3, 0.4) is 0 Å². The summed E-state index contributed by atoms with van der Waals surface area (Å²) in [4.78, 5) is 11.6. The second-order valence-electron chi connectivity index (χ2n) is 4.70. The number of anilines is 1. The molecule has 1 rings (SSSR count). The molecule has 0 aliphatic carbocycles. The Morgan fingerprint density at radius 1 is 1.10 bits per heavy atom. The molecule has 0 atom stereocenters. The predicted octanol–water partition coefficient (Wildman–Crippen LogP) is 5.60. The summed E-state index contributed by atoms with van der Waals surface area (Å²) in [7, 11) is 0. The number of rotatable bonds is 7. The van der Waals surface area contributed by atoms with Gasteiger partial charge < -0.3 is 5.32 Å². The molecule has 0 aliphatic heterocycles. The Bertz CT molecular complexity index is 391. The Labute approximate surface area is 126 Å². The maximum absolute atomic E-state index is 11.6. The first kappa shape index (κ1) is 18.7. The van der Waals surface area contributed by atoms with Gasteiger partial charge in [-0.25, -0.2) is 0 Å². The second-order valence-corrected chi connectivity index (χ2v) is 4.70. The van der Waals surface area contributed by atoms with E-state index in [1.165, 1.54) is 24.0 Å². The zero-order valence-corrected chi connectivity index (χ0v) is 13.9. The molecular formula is C18H33NO. The molecule has 1 aromatic rings. The largest absolute Gasteiger partial charge is 0.326 e. The van der Waals surface area contributed by atoms with Gasteiger partial charge in [0.25, 0.3) is 0 Å². The van der Waals surface area contributed by atoms with Crippen molar-refractivity contribution >= 4 is 11.6 Å². The van der Waals surface area contributed by atoms with Crippen molar-refractivity contribution < 1.29 is 6.22 Å². The molecule has 0 saturated carbocycles. The molecule has 0 bridgehead atoms. The van der Waals surface area contributed by atoms with Crippen molar-refractivity contribution in [3.63, 3.8) is 0 Å². The molecule has 0 spiro atoms. The second kappa shape index (κ2) is 11.5. The van der Waals surface area contributed by atoms with Gasteiger partial charge in [0.05, 0.1) is 0 Å². The van der Waals surface area contributed by atoms with Crippen LogP contribution in [-0.4, -0.2) is 5.91 Å². The van der Waals surface area contributed by atoms with Crippen molar-refractivity contribution in [2.24, 2.45) is 0 Å². The zero-order valence-electron chi connectivity index (χ0n) is 13.9. The van der Waals surface area contributed by atoms with Gasteiger partial charge in [-0.15, -0.1) is 0 Å². The van der Waals surface area contributed by atoms with Crippen LogP contribution >= 0.6 is 0 Å². The average Bonchev–Trinajstić information content (AvgIpc) is 2.49. The number of nitrogens with one attached hydrogen (secondary N) is 1.